The number of amides is 4. The van der Waals surface area contributed by atoms with Crippen LogP contribution in [-0.2, 0) is 39.2 Å². The highest BCUT2D eigenvalue weighted by Crippen LogP contribution is 2.58. The molecule has 52 heavy (non-hydrogen) atoms. The van der Waals surface area contributed by atoms with Crippen LogP contribution >= 0.6 is 23.2 Å². The van der Waals surface area contributed by atoms with Crippen molar-refractivity contribution in [3.8, 4) is 0 Å². The standard InChI is InChI=1S/C36H26Cl2N4O8S2/c37-19-7-11-21(12-8-19)39-51(47,48)25-5-1-3-23(17-25)41-33(43)29-27-15-16-28(30(29)34(41)44)32-31(27)35(45)42(36(32)46)24-4-2-6-26(18-24)52(49,50)40-22-13-9-20(38)10-14-22/h1-18,27-32,39-40H. The molecule has 3 aliphatic carbocycles. The van der Waals surface area contributed by atoms with E-state index in [1.54, 1.807) is 12.2 Å². The van der Waals surface area contributed by atoms with Crippen molar-refractivity contribution in [2.45, 2.75) is 9.79 Å². The Bertz CT molecular complexity index is 2240. The highest BCUT2D eigenvalue weighted by Gasteiger charge is 2.69. The van der Waals surface area contributed by atoms with Crippen molar-refractivity contribution >= 4 is 89.6 Å². The first-order chi connectivity index (χ1) is 24.7. The molecule has 4 unspecified atom stereocenters. The molecule has 16 heteroatoms. The van der Waals surface area contributed by atoms with Crippen molar-refractivity contribution in [1.82, 2.24) is 0 Å². The molecule has 1 saturated carbocycles. The molecule has 0 radical (unpaired) electrons. The third kappa shape index (κ3) is 5.48. The summed E-state index contributed by atoms with van der Waals surface area (Å²) in [6, 6.07) is 22.9. The molecule has 3 fully saturated rings. The van der Waals surface area contributed by atoms with Crippen molar-refractivity contribution < 1.29 is 36.0 Å². The van der Waals surface area contributed by atoms with E-state index in [9.17, 15) is 36.0 Å². The largest absolute Gasteiger partial charge is 0.280 e. The van der Waals surface area contributed by atoms with E-state index in [-0.39, 0.29) is 32.5 Å². The fourth-order valence-corrected chi connectivity index (χ4v) is 10.2. The van der Waals surface area contributed by atoms with Crippen molar-refractivity contribution in [3.63, 3.8) is 0 Å². The Kier molecular flexibility index (Phi) is 8.06. The predicted molar refractivity (Wildman–Crippen MR) is 192 cm³/mol. The smallest absolute Gasteiger partial charge is 0.261 e. The monoisotopic (exact) mass is 776 g/mol. The van der Waals surface area contributed by atoms with E-state index in [0.717, 1.165) is 9.80 Å². The summed E-state index contributed by atoms with van der Waals surface area (Å²) in [6.45, 7) is 0. The van der Waals surface area contributed by atoms with E-state index < -0.39 is 79.2 Å². The zero-order chi connectivity index (χ0) is 36.7. The summed E-state index contributed by atoms with van der Waals surface area (Å²) in [7, 11) is -8.27. The highest BCUT2D eigenvalue weighted by atomic mass is 35.5. The molecule has 264 valence electrons. The lowest BCUT2D eigenvalue weighted by Gasteiger charge is -2.44. The fraction of sp³-hybridized carbons (Fsp3) is 0.167. The van der Waals surface area contributed by atoms with Gasteiger partial charge in [-0.15, -0.1) is 0 Å². The predicted octanol–water partition coefficient (Wildman–Crippen LogP) is 5.32. The van der Waals surface area contributed by atoms with Crippen LogP contribution < -0.4 is 19.2 Å². The van der Waals surface area contributed by atoms with Gasteiger partial charge in [0.2, 0.25) is 23.6 Å². The van der Waals surface area contributed by atoms with Gasteiger partial charge >= 0.3 is 0 Å². The van der Waals surface area contributed by atoms with Crippen molar-refractivity contribution in [3.05, 3.63) is 119 Å². The van der Waals surface area contributed by atoms with Crippen molar-refractivity contribution in [1.29, 1.82) is 0 Å². The first-order valence-corrected chi connectivity index (χ1v) is 19.7. The van der Waals surface area contributed by atoms with Gasteiger partial charge < -0.3 is 0 Å². The summed E-state index contributed by atoms with van der Waals surface area (Å²) in [5, 5.41) is 0.842. The minimum atomic E-state index is -4.13. The maximum Gasteiger partial charge on any atom is 0.261 e. The number of benzene rings is 4. The molecule has 4 amide bonds. The van der Waals surface area contributed by atoms with Crippen LogP contribution in [0, 0.1) is 35.5 Å². The quantitative estimate of drug-likeness (QED) is 0.179. The molecule has 4 atom stereocenters. The molecule has 0 aromatic heterocycles. The molecule has 2 heterocycles. The second-order valence-electron chi connectivity index (χ2n) is 12.9. The van der Waals surface area contributed by atoms with Crippen molar-refractivity contribution in [2.24, 2.45) is 35.5 Å². The number of carbonyl (C=O) groups is 4. The third-order valence-electron chi connectivity index (χ3n) is 9.98. The molecule has 9 rings (SSSR count). The lowest BCUT2D eigenvalue weighted by atomic mass is 9.54. The van der Waals surface area contributed by atoms with E-state index in [1.807, 2.05) is 0 Å². The van der Waals surface area contributed by atoms with Gasteiger partial charge in [-0.25, -0.2) is 26.6 Å². The number of allylic oxidation sites excluding steroid dienone is 2. The maximum atomic E-state index is 14.1. The SMILES string of the molecule is O=C1C2C3C=CC(C2C(=O)N1c1cccc(S(=O)(=O)Nc2ccc(Cl)cc2)c1)C1C(=O)N(c2cccc(S(=O)(=O)Nc4ccc(Cl)cc4)c2)C(=O)C31. The molecule has 0 spiro atoms. The maximum absolute atomic E-state index is 14.1. The van der Waals surface area contributed by atoms with Crippen LogP contribution in [0.1, 0.15) is 0 Å². The van der Waals surface area contributed by atoms with E-state index in [1.165, 1.54) is 97.1 Å². The van der Waals surface area contributed by atoms with Gasteiger partial charge in [0.05, 0.1) is 44.8 Å². The number of imide groups is 2. The average molecular weight is 778 g/mol. The Morgan fingerprint density at radius 2 is 0.808 bits per heavy atom. The first-order valence-electron chi connectivity index (χ1n) is 16.0. The lowest BCUT2D eigenvalue weighted by molar-refractivity contribution is -0.137. The molecule has 2 saturated heterocycles. The average Bonchev–Trinajstić information content (AvgIpc) is 3.57. The minimum Gasteiger partial charge on any atom is -0.280 e. The number of sulfonamides is 2. The number of hydrogen-bond donors (Lipinski definition) is 2. The number of nitrogens with zero attached hydrogens (tertiary/aromatic N) is 2. The van der Waals surface area contributed by atoms with E-state index in [0.29, 0.717) is 10.0 Å². The normalized spacial score (nSPS) is 25.0. The Labute approximate surface area is 308 Å². The number of carbonyl (C=O) groups excluding carboxylic acids is 4. The van der Waals surface area contributed by atoms with Crippen LogP contribution in [0.15, 0.2) is 119 Å². The Morgan fingerprint density at radius 3 is 1.13 bits per heavy atom. The Balaban J connectivity index is 1.06. The van der Waals surface area contributed by atoms with Gasteiger partial charge in [-0.1, -0.05) is 47.5 Å². The Morgan fingerprint density at radius 1 is 0.481 bits per heavy atom. The third-order valence-corrected chi connectivity index (χ3v) is 13.2. The number of nitrogens with one attached hydrogen (secondary N) is 2. The molecular formula is C36H26Cl2N4O8S2. The van der Waals surface area contributed by atoms with Gasteiger partial charge in [0.1, 0.15) is 0 Å². The van der Waals surface area contributed by atoms with Crippen LogP contribution in [-0.4, -0.2) is 40.5 Å². The van der Waals surface area contributed by atoms with Gasteiger partial charge in [-0.3, -0.25) is 28.6 Å². The summed E-state index contributed by atoms with van der Waals surface area (Å²) < 4.78 is 57.9. The first kappa shape index (κ1) is 34.1. The second kappa shape index (κ2) is 12.3. The Hall–Kier alpha value is -5.02. The molecule has 12 nitrogen and oxygen atoms in total. The van der Waals surface area contributed by atoms with Gasteiger partial charge in [0.25, 0.3) is 20.0 Å². The number of hydrogen-bond acceptors (Lipinski definition) is 8. The summed E-state index contributed by atoms with van der Waals surface area (Å²) in [4.78, 5) is 57.8. The zero-order valence-corrected chi connectivity index (χ0v) is 29.7. The molecule has 4 aromatic rings. The number of halogens is 2. The van der Waals surface area contributed by atoms with Gasteiger partial charge in [0, 0.05) is 33.3 Å². The summed E-state index contributed by atoms with van der Waals surface area (Å²) in [5.74, 6) is -7.90. The van der Waals surface area contributed by atoms with E-state index in [2.05, 4.69) is 9.44 Å². The minimum absolute atomic E-state index is 0.0393. The van der Waals surface area contributed by atoms with Crippen LogP contribution in [0.2, 0.25) is 10.0 Å². The summed E-state index contributed by atoms with van der Waals surface area (Å²) in [5.41, 5.74) is 0.597. The second-order valence-corrected chi connectivity index (χ2v) is 17.1. The summed E-state index contributed by atoms with van der Waals surface area (Å²) >= 11 is 11.8. The van der Waals surface area contributed by atoms with Crippen molar-refractivity contribution in [2.75, 3.05) is 19.2 Å². The molecule has 2 aliphatic heterocycles. The molecule has 4 aromatic carbocycles. The molecular weight excluding hydrogens is 751 g/mol. The van der Waals surface area contributed by atoms with Crippen LogP contribution in [0.4, 0.5) is 22.7 Å². The fourth-order valence-electron chi connectivity index (χ4n) is 7.78. The van der Waals surface area contributed by atoms with E-state index in [4.69, 9.17) is 23.2 Å². The lowest BCUT2D eigenvalue weighted by Crippen LogP contribution is -2.50. The van der Waals surface area contributed by atoms with Crippen LogP contribution in [0.3, 0.4) is 0 Å². The van der Waals surface area contributed by atoms with Crippen LogP contribution in [0.25, 0.3) is 0 Å². The van der Waals surface area contributed by atoms with Gasteiger partial charge in [-0.2, -0.15) is 0 Å². The molecule has 2 N–H and O–H groups in total. The topological polar surface area (TPSA) is 167 Å². The van der Waals surface area contributed by atoms with Gasteiger partial charge in [0.15, 0.2) is 0 Å². The van der Waals surface area contributed by atoms with Crippen LogP contribution in [0.5, 0.6) is 0 Å². The highest BCUT2D eigenvalue weighted by molar-refractivity contribution is 7.93. The van der Waals surface area contributed by atoms with E-state index >= 15 is 0 Å². The summed E-state index contributed by atoms with van der Waals surface area (Å²) in [6.07, 6.45) is 3.40. The number of anilines is 4. The van der Waals surface area contributed by atoms with Gasteiger partial charge in [-0.05, 0) is 84.9 Å². The zero-order valence-electron chi connectivity index (χ0n) is 26.6. The molecule has 2 bridgehead atoms. The number of rotatable bonds is 8. The molecule has 5 aliphatic rings.